The van der Waals surface area contributed by atoms with Gasteiger partial charge in [0, 0.05) is 11.0 Å². The molecule has 0 aromatic heterocycles. The summed E-state index contributed by atoms with van der Waals surface area (Å²) in [6.07, 6.45) is 4.48. The molecule has 4 rings (SSSR count). The lowest BCUT2D eigenvalue weighted by Crippen LogP contribution is -2.52. The zero-order valence-corrected chi connectivity index (χ0v) is 13.6. The average Bonchev–Trinajstić information content (AvgIpc) is 2.52. The summed E-state index contributed by atoms with van der Waals surface area (Å²) in [6, 6.07) is 3.87. The molecule has 1 aromatic carbocycles. The van der Waals surface area contributed by atoms with Gasteiger partial charge in [0.2, 0.25) is 0 Å². The van der Waals surface area contributed by atoms with Crippen LogP contribution in [0.2, 0.25) is 0 Å². The number of benzene rings is 1. The fraction of sp³-hybridized carbons (Fsp3) is 0.579. The van der Waals surface area contributed by atoms with Gasteiger partial charge in [-0.1, -0.05) is 13.0 Å². The molecule has 1 fully saturated rings. The minimum absolute atomic E-state index is 0.0459. The maximum absolute atomic E-state index is 10.8. The number of aliphatic hydroxyl groups excluding tert-OH is 2. The molecule has 3 aliphatic rings. The number of allylic oxidation sites excluding steroid dienone is 1. The van der Waals surface area contributed by atoms with Crippen molar-refractivity contribution in [2.24, 2.45) is 17.8 Å². The van der Waals surface area contributed by atoms with E-state index in [1.54, 1.807) is 7.11 Å². The van der Waals surface area contributed by atoms with E-state index >= 15 is 0 Å². The third-order valence-corrected chi connectivity index (χ3v) is 6.51. The lowest BCUT2D eigenvalue weighted by molar-refractivity contribution is 0.00956. The van der Waals surface area contributed by atoms with E-state index in [1.807, 2.05) is 18.2 Å². The zero-order chi connectivity index (χ0) is 16.4. The van der Waals surface area contributed by atoms with E-state index in [1.165, 1.54) is 0 Å². The maximum atomic E-state index is 10.8. The van der Waals surface area contributed by atoms with Gasteiger partial charge in [0.25, 0.3) is 0 Å². The molecule has 5 atom stereocenters. The molecule has 3 N–H and O–H groups in total. The first kappa shape index (κ1) is 14.9. The lowest BCUT2D eigenvalue weighted by atomic mass is 9.48. The summed E-state index contributed by atoms with van der Waals surface area (Å²) in [5.41, 5.74) is 1.67. The van der Waals surface area contributed by atoms with Crippen LogP contribution in [0, 0.1) is 17.8 Å². The summed E-state index contributed by atoms with van der Waals surface area (Å²) < 4.78 is 5.31. The standard InChI is InChI=1S/C19H24O4/c1-10-5-6-19-9-15(21)14(20)8-13(19)12(10)7-11-3-4-16(23-2)18(22)17(11)19/h3-4,9-10,12-14,20-22H,5-8H2,1-2H3/t10-,12?,13?,14?,19-/m1/s1. The topological polar surface area (TPSA) is 69.9 Å². The van der Waals surface area contributed by atoms with Gasteiger partial charge in [0.05, 0.1) is 7.11 Å². The van der Waals surface area contributed by atoms with Crippen LogP contribution in [0.1, 0.15) is 37.3 Å². The van der Waals surface area contributed by atoms with Gasteiger partial charge >= 0.3 is 0 Å². The highest BCUT2D eigenvalue weighted by atomic mass is 16.5. The Bertz CT molecular complexity index is 680. The van der Waals surface area contributed by atoms with Gasteiger partial charge in [-0.15, -0.1) is 0 Å². The Hall–Kier alpha value is -1.68. The Morgan fingerprint density at radius 3 is 2.78 bits per heavy atom. The number of aromatic hydroxyl groups is 1. The predicted molar refractivity (Wildman–Crippen MR) is 86.8 cm³/mol. The molecule has 4 heteroatoms. The van der Waals surface area contributed by atoms with E-state index in [4.69, 9.17) is 4.74 Å². The summed E-state index contributed by atoms with van der Waals surface area (Å²) in [6.45, 7) is 2.29. The SMILES string of the molecule is COc1ccc2c(c1O)[C@]13C=C(O)C(O)CC1C(C2)[C@H](C)CC3. The molecule has 1 aromatic rings. The average molecular weight is 316 g/mol. The molecule has 0 radical (unpaired) electrons. The van der Waals surface area contributed by atoms with Gasteiger partial charge < -0.3 is 20.1 Å². The van der Waals surface area contributed by atoms with Crippen LogP contribution in [0.4, 0.5) is 0 Å². The first-order valence-corrected chi connectivity index (χ1v) is 8.47. The molecular weight excluding hydrogens is 292 g/mol. The molecule has 0 saturated heterocycles. The molecule has 124 valence electrons. The summed E-state index contributed by atoms with van der Waals surface area (Å²) >= 11 is 0. The molecule has 23 heavy (non-hydrogen) atoms. The summed E-state index contributed by atoms with van der Waals surface area (Å²) in [4.78, 5) is 0. The van der Waals surface area contributed by atoms with Gasteiger partial charge in [0.15, 0.2) is 11.5 Å². The number of fused-ring (bicyclic) bond motifs is 1. The third kappa shape index (κ3) is 1.87. The van der Waals surface area contributed by atoms with Crippen molar-refractivity contribution >= 4 is 0 Å². The fourth-order valence-corrected chi connectivity index (χ4v) is 5.38. The van der Waals surface area contributed by atoms with Crippen molar-refractivity contribution in [1.82, 2.24) is 0 Å². The van der Waals surface area contributed by atoms with Crippen LogP contribution in [-0.2, 0) is 11.8 Å². The van der Waals surface area contributed by atoms with Gasteiger partial charge in [-0.05, 0) is 61.1 Å². The van der Waals surface area contributed by atoms with E-state index < -0.39 is 6.10 Å². The van der Waals surface area contributed by atoms with Gasteiger partial charge in [-0.25, -0.2) is 0 Å². The van der Waals surface area contributed by atoms with Crippen LogP contribution in [0.5, 0.6) is 11.5 Å². The van der Waals surface area contributed by atoms with Crippen molar-refractivity contribution in [3.63, 3.8) is 0 Å². The molecule has 3 unspecified atom stereocenters. The second-order valence-corrected chi connectivity index (χ2v) is 7.50. The number of hydrogen-bond donors (Lipinski definition) is 3. The normalized spacial score (nSPS) is 38.3. The molecule has 4 nitrogen and oxygen atoms in total. The summed E-state index contributed by atoms with van der Waals surface area (Å²) in [5.74, 6) is 2.04. The van der Waals surface area contributed by atoms with Crippen molar-refractivity contribution in [3.05, 3.63) is 35.1 Å². The van der Waals surface area contributed by atoms with E-state index in [-0.39, 0.29) is 22.8 Å². The quantitative estimate of drug-likeness (QED) is 0.745. The second kappa shape index (κ2) is 4.91. The van der Waals surface area contributed by atoms with Crippen LogP contribution in [0.3, 0.4) is 0 Å². The van der Waals surface area contributed by atoms with Crippen LogP contribution in [0.15, 0.2) is 24.0 Å². The molecule has 0 spiro atoms. The minimum atomic E-state index is -0.782. The van der Waals surface area contributed by atoms with Crippen LogP contribution in [0.25, 0.3) is 0 Å². The van der Waals surface area contributed by atoms with Crippen LogP contribution < -0.4 is 4.74 Å². The van der Waals surface area contributed by atoms with Gasteiger partial charge in [-0.3, -0.25) is 0 Å². The monoisotopic (exact) mass is 316 g/mol. The number of aliphatic hydroxyl groups is 2. The molecule has 3 aliphatic carbocycles. The van der Waals surface area contributed by atoms with Crippen molar-refractivity contribution in [2.75, 3.05) is 7.11 Å². The van der Waals surface area contributed by atoms with Crippen LogP contribution >= 0.6 is 0 Å². The second-order valence-electron chi connectivity index (χ2n) is 7.50. The summed E-state index contributed by atoms with van der Waals surface area (Å²) in [5, 5.41) is 31.2. The Morgan fingerprint density at radius 2 is 2.04 bits per heavy atom. The highest BCUT2D eigenvalue weighted by molar-refractivity contribution is 5.58. The third-order valence-electron chi connectivity index (χ3n) is 6.51. The highest BCUT2D eigenvalue weighted by Gasteiger charge is 2.55. The highest BCUT2D eigenvalue weighted by Crippen LogP contribution is 2.61. The number of phenolic OH excluding ortho intramolecular Hbond substituents is 1. The number of ether oxygens (including phenoxy) is 1. The first-order valence-electron chi connectivity index (χ1n) is 8.47. The number of hydrogen-bond acceptors (Lipinski definition) is 4. The molecular formula is C19H24O4. The predicted octanol–water partition coefficient (Wildman–Crippen LogP) is 3.06. The molecule has 0 amide bonds. The fourth-order valence-electron chi connectivity index (χ4n) is 5.38. The summed E-state index contributed by atoms with van der Waals surface area (Å²) in [7, 11) is 1.56. The molecule has 0 heterocycles. The number of methoxy groups -OCH3 is 1. The Labute approximate surface area is 136 Å². The van der Waals surface area contributed by atoms with Crippen LogP contribution in [-0.4, -0.2) is 28.5 Å². The van der Waals surface area contributed by atoms with E-state index in [2.05, 4.69) is 6.92 Å². The number of phenols is 1. The van der Waals surface area contributed by atoms with E-state index in [0.717, 1.165) is 30.4 Å². The molecule has 1 saturated carbocycles. The first-order chi connectivity index (χ1) is 11.0. The Morgan fingerprint density at radius 1 is 1.26 bits per heavy atom. The molecule has 0 aliphatic heterocycles. The Kier molecular flexibility index (Phi) is 3.17. The lowest BCUT2D eigenvalue weighted by Gasteiger charge is -2.56. The van der Waals surface area contributed by atoms with Crippen molar-refractivity contribution in [2.45, 2.75) is 44.1 Å². The smallest absolute Gasteiger partial charge is 0.162 e. The van der Waals surface area contributed by atoms with E-state index in [9.17, 15) is 15.3 Å². The maximum Gasteiger partial charge on any atom is 0.162 e. The number of rotatable bonds is 1. The van der Waals surface area contributed by atoms with Crippen molar-refractivity contribution < 1.29 is 20.1 Å². The molecule has 2 bridgehead atoms. The Balaban J connectivity index is 1.99. The largest absolute Gasteiger partial charge is 0.510 e. The minimum Gasteiger partial charge on any atom is -0.510 e. The van der Waals surface area contributed by atoms with Gasteiger partial charge in [0.1, 0.15) is 11.9 Å². The zero-order valence-electron chi connectivity index (χ0n) is 13.6. The van der Waals surface area contributed by atoms with Crippen molar-refractivity contribution in [3.8, 4) is 11.5 Å². The van der Waals surface area contributed by atoms with E-state index in [0.29, 0.717) is 24.0 Å². The van der Waals surface area contributed by atoms with Gasteiger partial charge in [-0.2, -0.15) is 0 Å². The van der Waals surface area contributed by atoms with Crippen molar-refractivity contribution in [1.29, 1.82) is 0 Å².